The molecule has 0 saturated carbocycles. The van der Waals surface area contributed by atoms with Gasteiger partial charge in [0, 0.05) is 0 Å². The average molecular weight is 585 g/mol. The van der Waals surface area contributed by atoms with E-state index in [9.17, 15) is 0 Å². The van der Waals surface area contributed by atoms with Crippen molar-refractivity contribution in [2.45, 2.75) is 26.7 Å². The molecule has 0 nitrogen and oxygen atoms in total. The number of allylic oxidation sites excluding steroid dienone is 6. The molecule has 178 valence electrons. The molecular weight excluding hydrogens is 558 g/mol. The molecule has 0 aromatic heterocycles. The molecule has 0 amide bonds. The van der Waals surface area contributed by atoms with Crippen molar-refractivity contribution in [1.82, 2.24) is 0 Å². The molecule has 0 aliphatic heterocycles. The van der Waals surface area contributed by atoms with E-state index in [0.717, 1.165) is 12.8 Å². The van der Waals surface area contributed by atoms with Gasteiger partial charge in [0.25, 0.3) is 0 Å². The van der Waals surface area contributed by atoms with Crippen LogP contribution in [0.3, 0.4) is 0 Å². The maximum atomic E-state index is 3.31. The van der Waals surface area contributed by atoms with Gasteiger partial charge in [0.15, 0.2) is 0 Å². The molecule has 0 fully saturated rings. The minimum absolute atomic E-state index is 0. The van der Waals surface area contributed by atoms with Crippen LogP contribution in [0.1, 0.15) is 36.1 Å². The quantitative estimate of drug-likeness (QED) is 0.244. The third-order valence-electron chi connectivity index (χ3n) is 6.21. The Morgan fingerprint density at radius 3 is 2.36 bits per heavy atom. The van der Waals surface area contributed by atoms with E-state index in [1.165, 1.54) is 58.5 Å². The van der Waals surface area contributed by atoms with E-state index in [1.807, 2.05) is 12.1 Å². The van der Waals surface area contributed by atoms with Gasteiger partial charge in [-0.15, -0.1) is 17.2 Å². The molecule has 0 N–H and O–H groups in total. The molecule has 0 radical (unpaired) electrons. The summed E-state index contributed by atoms with van der Waals surface area (Å²) >= 11 is 1.55. The maximum Gasteiger partial charge on any atom is -0.0186 e. The summed E-state index contributed by atoms with van der Waals surface area (Å²) in [6.07, 6.45) is 11.9. The third kappa shape index (κ3) is 5.97. The number of hydrogen-bond donors (Lipinski definition) is 0. The SMILES string of the molecule is C[C](C)=[Zr+2].[C-]1=CC=C2C1=CCc1ccc3ccccc3c12.[Cl-].[Cl-].[c-]1cccc2c1Cc1ccccc1-2. The number of halogens is 2. The fraction of sp³-hybridized carbons (Fsp3) is 0.121. The summed E-state index contributed by atoms with van der Waals surface area (Å²) in [6, 6.07) is 31.2. The van der Waals surface area contributed by atoms with E-state index in [-0.39, 0.29) is 24.8 Å². The fourth-order valence-electron chi connectivity index (χ4n) is 4.78. The third-order valence-corrected chi connectivity index (χ3v) is 6.21. The smallest absolute Gasteiger partial charge is 0.0186 e. The molecule has 3 heteroatoms. The molecule has 3 aliphatic carbocycles. The van der Waals surface area contributed by atoms with Crippen LogP contribution in [0.5, 0.6) is 0 Å². The minimum Gasteiger partial charge on any atom is -1.00 e. The van der Waals surface area contributed by atoms with Crippen LogP contribution in [-0.4, -0.2) is 3.21 Å². The number of benzene rings is 4. The normalized spacial score (nSPS) is 13.0. The van der Waals surface area contributed by atoms with Gasteiger partial charge in [-0.05, 0) is 23.6 Å². The summed E-state index contributed by atoms with van der Waals surface area (Å²) < 4.78 is 1.51. The zero-order valence-electron chi connectivity index (χ0n) is 20.4. The predicted molar refractivity (Wildman–Crippen MR) is 141 cm³/mol. The molecule has 0 spiro atoms. The summed E-state index contributed by atoms with van der Waals surface area (Å²) in [4.78, 5) is 0. The molecule has 4 aromatic rings. The Balaban J connectivity index is 0.000000171. The van der Waals surface area contributed by atoms with Gasteiger partial charge in [-0.25, -0.2) is 0 Å². The van der Waals surface area contributed by atoms with Crippen molar-refractivity contribution < 1.29 is 49.0 Å². The van der Waals surface area contributed by atoms with Crippen molar-refractivity contribution >= 4 is 19.6 Å². The van der Waals surface area contributed by atoms with Crippen LogP contribution in [0.4, 0.5) is 0 Å². The molecule has 36 heavy (non-hydrogen) atoms. The summed E-state index contributed by atoms with van der Waals surface area (Å²) in [5.74, 6) is 0. The van der Waals surface area contributed by atoms with Gasteiger partial charge < -0.3 is 24.8 Å². The average Bonchev–Trinajstić information content (AvgIpc) is 3.48. The van der Waals surface area contributed by atoms with E-state index in [1.54, 1.807) is 24.2 Å². The largest absolute Gasteiger partial charge is 1.00 e. The summed E-state index contributed by atoms with van der Waals surface area (Å²) in [5.41, 5.74) is 10.9. The van der Waals surface area contributed by atoms with Crippen LogP contribution in [-0.2, 0) is 37.1 Å². The van der Waals surface area contributed by atoms with Gasteiger partial charge in [0.1, 0.15) is 0 Å². The summed E-state index contributed by atoms with van der Waals surface area (Å²) in [6.45, 7) is 4.25. The molecule has 0 unspecified atom stereocenters. The van der Waals surface area contributed by atoms with Crippen molar-refractivity contribution in [3.8, 4) is 11.1 Å². The van der Waals surface area contributed by atoms with Gasteiger partial charge in [-0.2, -0.15) is 53.6 Å². The first-order chi connectivity index (χ1) is 16.6. The first-order valence-corrected chi connectivity index (χ1v) is 13.0. The van der Waals surface area contributed by atoms with Crippen LogP contribution >= 0.6 is 0 Å². The van der Waals surface area contributed by atoms with Gasteiger partial charge in [-0.1, -0.05) is 82.9 Å². The van der Waals surface area contributed by atoms with Crippen molar-refractivity contribution in [3.63, 3.8) is 0 Å². The Bertz CT molecular complexity index is 1440. The zero-order chi connectivity index (χ0) is 23.5. The first kappa shape index (κ1) is 28.3. The maximum absolute atomic E-state index is 3.31. The number of fused-ring (bicyclic) bond motifs is 8. The Hall–Kier alpha value is -2.31. The van der Waals surface area contributed by atoms with Crippen molar-refractivity contribution in [2.75, 3.05) is 0 Å². The van der Waals surface area contributed by atoms with Crippen molar-refractivity contribution in [3.05, 3.63) is 137 Å². The standard InChI is InChI=1S/C17H11.C13H9.C3H6.2ClH.Zr/c1-2-6-15-12(4-1)8-10-14-11-9-13-5-3-7-16(13)17(14)15;1-3-7-12-10(5-1)9-11-6-2-4-8-13(11)12;1-3-2;;;/h1-4,6-10H,11H2;1-5,7-8H,9H2;1-2H3;2*1H;/q2*-1;;;;+2/p-2. The van der Waals surface area contributed by atoms with E-state index < -0.39 is 0 Å². The van der Waals surface area contributed by atoms with Crippen LogP contribution in [0.2, 0.25) is 0 Å². The molecule has 3 aliphatic rings. The summed E-state index contributed by atoms with van der Waals surface area (Å²) in [5, 5.41) is 2.68. The molecule has 0 heterocycles. The van der Waals surface area contributed by atoms with Gasteiger partial charge in [0.05, 0.1) is 0 Å². The summed E-state index contributed by atoms with van der Waals surface area (Å²) in [7, 11) is 0. The first-order valence-electron chi connectivity index (χ1n) is 11.7. The Morgan fingerprint density at radius 1 is 0.806 bits per heavy atom. The van der Waals surface area contributed by atoms with E-state index in [0.29, 0.717) is 0 Å². The van der Waals surface area contributed by atoms with Crippen LogP contribution in [0, 0.1) is 12.1 Å². The fourth-order valence-corrected chi connectivity index (χ4v) is 4.78. The van der Waals surface area contributed by atoms with E-state index >= 15 is 0 Å². The second-order valence-corrected chi connectivity index (χ2v) is 11.4. The zero-order valence-corrected chi connectivity index (χ0v) is 24.4. The topological polar surface area (TPSA) is 0 Å². The van der Waals surface area contributed by atoms with E-state index in [2.05, 4.69) is 111 Å². The predicted octanol–water partition coefficient (Wildman–Crippen LogP) is 1.89. The number of rotatable bonds is 0. The monoisotopic (exact) mass is 582 g/mol. The van der Waals surface area contributed by atoms with Crippen LogP contribution < -0.4 is 24.8 Å². The van der Waals surface area contributed by atoms with Crippen LogP contribution in [0.15, 0.2) is 103 Å². The van der Waals surface area contributed by atoms with Gasteiger partial charge >= 0.3 is 41.3 Å². The second-order valence-electron chi connectivity index (χ2n) is 8.93. The molecule has 0 atom stereocenters. The Kier molecular flexibility index (Phi) is 10.0. The van der Waals surface area contributed by atoms with E-state index in [4.69, 9.17) is 0 Å². The van der Waals surface area contributed by atoms with Gasteiger partial charge in [0.2, 0.25) is 0 Å². The minimum atomic E-state index is 0. The molecule has 4 aromatic carbocycles. The molecule has 0 saturated heterocycles. The second kappa shape index (κ2) is 12.8. The van der Waals surface area contributed by atoms with Crippen LogP contribution in [0.25, 0.3) is 27.5 Å². The molecule has 0 bridgehead atoms. The molecular formula is C33H26Cl2Zr-2. The Labute approximate surface area is 242 Å². The molecule has 7 rings (SSSR count). The number of hydrogen-bond acceptors (Lipinski definition) is 0. The van der Waals surface area contributed by atoms with Crippen molar-refractivity contribution in [2.24, 2.45) is 0 Å². The van der Waals surface area contributed by atoms with Gasteiger partial charge in [-0.3, -0.25) is 0 Å². The van der Waals surface area contributed by atoms with Crippen molar-refractivity contribution in [1.29, 1.82) is 0 Å². The Morgan fingerprint density at radius 2 is 1.53 bits per heavy atom.